The Morgan fingerprint density at radius 3 is 2.24 bits per heavy atom. The molecule has 0 aliphatic heterocycles. The van der Waals surface area contributed by atoms with Gasteiger partial charge in [0.05, 0.1) is 18.7 Å². The van der Waals surface area contributed by atoms with E-state index in [1.54, 1.807) is 0 Å². The zero-order valence-corrected chi connectivity index (χ0v) is 12.5. The van der Waals surface area contributed by atoms with E-state index in [4.69, 9.17) is 0 Å². The first-order valence-corrected chi connectivity index (χ1v) is 6.99. The fourth-order valence-corrected chi connectivity index (χ4v) is 2.39. The normalized spacial score (nSPS) is 15.2. The topological polar surface area (TPSA) is 35.5 Å². The van der Waals surface area contributed by atoms with Crippen molar-refractivity contribution in [1.29, 1.82) is 0 Å². The van der Waals surface area contributed by atoms with Crippen molar-refractivity contribution in [2.45, 2.75) is 25.1 Å². The van der Waals surface area contributed by atoms with Crippen LogP contribution in [-0.2, 0) is 5.54 Å². The van der Waals surface area contributed by atoms with Crippen molar-refractivity contribution in [3.8, 4) is 0 Å². The lowest BCUT2D eigenvalue weighted by Gasteiger charge is -2.37. The summed E-state index contributed by atoms with van der Waals surface area (Å²) in [6.45, 7) is 1.40. The van der Waals surface area contributed by atoms with Crippen molar-refractivity contribution in [3.63, 3.8) is 0 Å². The highest BCUT2D eigenvalue weighted by Crippen LogP contribution is 2.24. The van der Waals surface area contributed by atoms with Gasteiger partial charge in [0.25, 0.3) is 0 Å². The lowest BCUT2D eigenvalue weighted by Crippen LogP contribution is -2.54. The van der Waals surface area contributed by atoms with Crippen LogP contribution >= 0.6 is 0 Å². The molecule has 6 heteroatoms. The summed E-state index contributed by atoms with van der Waals surface area (Å²) >= 11 is 0. The largest absolute Gasteiger partial charge is 0.401 e. The van der Waals surface area contributed by atoms with Gasteiger partial charge < -0.3 is 10.4 Å². The van der Waals surface area contributed by atoms with E-state index in [0.29, 0.717) is 6.54 Å². The summed E-state index contributed by atoms with van der Waals surface area (Å²) in [4.78, 5) is 1.19. The molecule has 0 saturated heterocycles. The summed E-state index contributed by atoms with van der Waals surface area (Å²) in [7, 11) is 1.41. The molecule has 0 bridgehead atoms. The predicted octanol–water partition coefficient (Wildman–Crippen LogP) is 2.37. The lowest BCUT2D eigenvalue weighted by atomic mass is 9.89. The first-order valence-electron chi connectivity index (χ1n) is 6.99. The van der Waals surface area contributed by atoms with E-state index in [1.165, 1.54) is 11.9 Å². The molecule has 0 radical (unpaired) electrons. The van der Waals surface area contributed by atoms with Crippen molar-refractivity contribution in [2.75, 3.05) is 33.3 Å². The molecule has 0 aliphatic carbocycles. The van der Waals surface area contributed by atoms with Crippen LogP contribution in [-0.4, -0.2) is 49.5 Å². The van der Waals surface area contributed by atoms with Crippen LogP contribution < -0.4 is 5.32 Å². The fourth-order valence-electron chi connectivity index (χ4n) is 2.39. The minimum atomic E-state index is -4.25. The Hall–Kier alpha value is -1.11. The highest BCUT2D eigenvalue weighted by atomic mass is 19.4. The van der Waals surface area contributed by atoms with Crippen molar-refractivity contribution in [2.24, 2.45) is 0 Å². The van der Waals surface area contributed by atoms with Gasteiger partial charge >= 0.3 is 6.18 Å². The van der Waals surface area contributed by atoms with Gasteiger partial charge in [-0.1, -0.05) is 37.3 Å². The van der Waals surface area contributed by atoms with E-state index in [0.717, 1.165) is 12.0 Å². The maximum atomic E-state index is 12.5. The van der Waals surface area contributed by atoms with Crippen molar-refractivity contribution in [1.82, 2.24) is 10.2 Å². The van der Waals surface area contributed by atoms with Crippen LogP contribution in [0.2, 0.25) is 0 Å². The number of nitrogens with zero attached hydrogens (tertiary/aromatic N) is 1. The van der Waals surface area contributed by atoms with Gasteiger partial charge in [-0.15, -0.1) is 0 Å². The summed E-state index contributed by atoms with van der Waals surface area (Å²) in [5.41, 5.74) is -0.105. The molecule has 0 heterocycles. The van der Waals surface area contributed by atoms with Gasteiger partial charge in [0.1, 0.15) is 0 Å². The van der Waals surface area contributed by atoms with E-state index in [-0.39, 0.29) is 13.2 Å². The van der Waals surface area contributed by atoms with Crippen LogP contribution in [0.1, 0.15) is 18.9 Å². The van der Waals surface area contributed by atoms with E-state index in [9.17, 15) is 18.3 Å². The van der Waals surface area contributed by atoms with Gasteiger partial charge in [0.15, 0.2) is 0 Å². The van der Waals surface area contributed by atoms with E-state index < -0.39 is 18.3 Å². The molecule has 0 aromatic heterocycles. The molecule has 0 saturated carbocycles. The molecule has 3 nitrogen and oxygen atoms in total. The zero-order chi connectivity index (χ0) is 15.9. The number of rotatable bonds is 8. The third-order valence-corrected chi connectivity index (χ3v) is 3.30. The number of nitrogens with one attached hydrogen (secondary N) is 1. The van der Waals surface area contributed by atoms with Gasteiger partial charge in [-0.25, -0.2) is 0 Å². The average Bonchev–Trinajstić information content (AvgIpc) is 2.42. The smallest absolute Gasteiger partial charge is 0.394 e. The number of hydrogen-bond donors (Lipinski definition) is 2. The Labute approximate surface area is 123 Å². The predicted molar refractivity (Wildman–Crippen MR) is 77.1 cm³/mol. The number of hydrogen-bond acceptors (Lipinski definition) is 3. The number of aliphatic hydroxyl groups is 1. The van der Waals surface area contributed by atoms with Crippen molar-refractivity contribution >= 4 is 0 Å². The molecule has 1 unspecified atom stereocenters. The van der Waals surface area contributed by atoms with Crippen LogP contribution in [0.25, 0.3) is 0 Å². The zero-order valence-electron chi connectivity index (χ0n) is 12.5. The molecule has 0 aliphatic rings. The molecule has 21 heavy (non-hydrogen) atoms. The maximum Gasteiger partial charge on any atom is 0.401 e. The minimum absolute atomic E-state index is 0.0764. The summed E-state index contributed by atoms with van der Waals surface area (Å²) in [6.07, 6.45) is -3.42. The van der Waals surface area contributed by atoms with Gasteiger partial charge in [0, 0.05) is 6.54 Å². The molecule has 1 aromatic carbocycles. The number of alkyl halides is 3. The summed E-state index contributed by atoms with van der Waals surface area (Å²) < 4.78 is 37.5. The highest BCUT2D eigenvalue weighted by molar-refractivity contribution is 5.25. The quantitative estimate of drug-likeness (QED) is 0.774. The van der Waals surface area contributed by atoms with Crippen LogP contribution in [0.5, 0.6) is 0 Å². The van der Waals surface area contributed by atoms with Crippen molar-refractivity contribution < 1.29 is 18.3 Å². The van der Waals surface area contributed by atoms with E-state index in [1.807, 2.05) is 37.3 Å². The Morgan fingerprint density at radius 2 is 1.76 bits per heavy atom. The number of benzene rings is 1. The van der Waals surface area contributed by atoms with Gasteiger partial charge in [-0.3, -0.25) is 4.90 Å². The first kappa shape index (κ1) is 17.9. The second-order valence-electron chi connectivity index (χ2n) is 5.32. The second-order valence-corrected chi connectivity index (χ2v) is 5.32. The monoisotopic (exact) mass is 304 g/mol. The molecule has 1 rings (SSSR count). The van der Waals surface area contributed by atoms with Crippen LogP contribution in [0.4, 0.5) is 13.2 Å². The first-order chi connectivity index (χ1) is 9.83. The molecule has 0 spiro atoms. The van der Waals surface area contributed by atoms with Crippen LogP contribution in [0, 0.1) is 0 Å². The Balaban J connectivity index is 2.96. The fraction of sp³-hybridized carbons (Fsp3) is 0.600. The molecule has 0 fully saturated rings. The lowest BCUT2D eigenvalue weighted by molar-refractivity contribution is -0.145. The Bertz CT molecular complexity index is 411. The summed E-state index contributed by atoms with van der Waals surface area (Å²) in [6, 6.07) is 9.11. The third-order valence-electron chi connectivity index (χ3n) is 3.30. The number of aliphatic hydroxyl groups excluding tert-OH is 1. The van der Waals surface area contributed by atoms with Gasteiger partial charge in [-0.05, 0) is 25.6 Å². The minimum Gasteiger partial charge on any atom is -0.394 e. The number of likely N-dealkylation sites (N-methyl/N-ethyl adjacent to an activating group) is 1. The standard InChI is InChI=1S/C15H23F3N2O/c1-3-9-19-14(12-21,13-7-5-4-6-8-13)10-20(2)11-15(16,17)18/h4-8,19,21H,3,9-12H2,1-2H3. The van der Waals surface area contributed by atoms with Crippen molar-refractivity contribution in [3.05, 3.63) is 35.9 Å². The third kappa shape index (κ3) is 5.65. The number of halogens is 3. The summed E-state index contributed by atoms with van der Waals surface area (Å²) in [5.74, 6) is 0. The molecule has 1 aromatic rings. The SMILES string of the molecule is CCCNC(CO)(CN(C)CC(F)(F)F)c1ccccc1. The molecule has 1 atom stereocenters. The van der Waals surface area contributed by atoms with E-state index >= 15 is 0 Å². The average molecular weight is 304 g/mol. The van der Waals surface area contributed by atoms with Gasteiger partial charge in [-0.2, -0.15) is 13.2 Å². The summed E-state index contributed by atoms with van der Waals surface area (Å²) in [5, 5.41) is 13.0. The molecular formula is C15H23F3N2O. The Morgan fingerprint density at radius 1 is 1.14 bits per heavy atom. The van der Waals surface area contributed by atoms with E-state index in [2.05, 4.69) is 5.32 Å². The Kier molecular flexibility index (Phi) is 6.64. The maximum absolute atomic E-state index is 12.5. The molecule has 2 N–H and O–H groups in total. The van der Waals surface area contributed by atoms with Crippen LogP contribution in [0.3, 0.4) is 0 Å². The molecular weight excluding hydrogens is 281 g/mol. The van der Waals surface area contributed by atoms with Crippen LogP contribution in [0.15, 0.2) is 30.3 Å². The van der Waals surface area contributed by atoms with Gasteiger partial charge in [0.2, 0.25) is 0 Å². The molecule has 120 valence electrons. The highest BCUT2D eigenvalue weighted by Gasteiger charge is 2.36. The molecule has 0 amide bonds. The second kappa shape index (κ2) is 7.77.